The standard InChI is InChI=1S/C15H19NO2S/c1-3-19-11-12(2)16-15(18)14-9-5-4-7-13(14)8-6-10-17/h4-5,7,9,12,17H,3,10-11H2,1-2H3,(H,16,18). The van der Waals surface area contributed by atoms with E-state index >= 15 is 0 Å². The highest BCUT2D eigenvalue weighted by atomic mass is 32.2. The lowest BCUT2D eigenvalue weighted by Gasteiger charge is -2.13. The molecule has 0 saturated heterocycles. The third-order valence-electron chi connectivity index (χ3n) is 2.42. The maximum Gasteiger partial charge on any atom is 0.252 e. The van der Waals surface area contributed by atoms with Gasteiger partial charge in [-0.3, -0.25) is 4.79 Å². The minimum atomic E-state index is -0.209. The number of aliphatic hydroxyl groups excluding tert-OH is 1. The van der Waals surface area contributed by atoms with Crippen LogP contribution in [0.1, 0.15) is 29.8 Å². The summed E-state index contributed by atoms with van der Waals surface area (Å²) in [5.41, 5.74) is 1.20. The van der Waals surface area contributed by atoms with Gasteiger partial charge in [0, 0.05) is 17.4 Å². The van der Waals surface area contributed by atoms with E-state index in [1.165, 1.54) is 0 Å². The van der Waals surface area contributed by atoms with Gasteiger partial charge in [0.1, 0.15) is 6.61 Å². The summed E-state index contributed by atoms with van der Waals surface area (Å²) < 4.78 is 0. The largest absolute Gasteiger partial charge is 0.384 e. The number of aliphatic hydroxyl groups is 1. The van der Waals surface area contributed by atoms with Gasteiger partial charge in [0.15, 0.2) is 0 Å². The number of hydrogen-bond acceptors (Lipinski definition) is 3. The fourth-order valence-corrected chi connectivity index (χ4v) is 2.24. The molecule has 3 nitrogen and oxygen atoms in total. The van der Waals surface area contributed by atoms with Gasteiger partial charge in [-0.15, -0.1) is 0 Å². The fourth-order valence-electron chi connectivity index (χ4n) is 1.56. The van der Waals surface area contributed by atoms with E-state index in [0.717, 1.165) is 11.5 Å². The number of hydrogen-bond donors (Lipinski definition) is 2. The summed E-state index contributed by atoms with van der Waals surface area (Å²) in [6.45, 7) is 3.88. The minimum absolute atomic E-state index is 0.118. The summed E-state index contributed by atoms with van der Waals surface area (Å²) >= 11 is 1.80. The third-order valence-corrected chi connectivity index (χ3v) is 3.57. The number of benzene rings is 1. The molecule has 1 atom stereocenters. The summed E-state index contributed by atoms with van der Waals surface area (Å²) in [4.78, 5) is 12.2. The van der Waals surface area contributed by atoms with Gasteiger partial charge in [-0.2, -0.15) is 11.8 Å². The van der Waals surface area contributed by atoms with Crippen LogP contribution in [0.25, 0.3) is 0 Å². The van der Waals surface area contributed by atoms with Crippen LogP contribution in [0.15, 0.2) is 24.3 Å². The summed E-state index contributed by atoms with van der Waals surface area (Å²) in [6.07, 6.45) is 0. The zero-order valence-electron chi connectivity index (χ0n) is 11.3. The molecule has 1 aromatic rings. The molecule has 0 radical (unpaired) electrons. The molecule has 19 heavy (non-hydrogen) atoms. The van der Waals surface area contributed by atoms with Crippen molar-refractivity contribution < 1.29 is 9.90 Å². The van der Waals surface area contributed by atoms with Crippen molar-refractivity contribution >= 4 is 17.7 Å². The van der Waals surface area contributed by atoms with Gasteiger partial charge in [-0.25, -0.2) is 0 Å². The normalized spacial score (nSPS) is 11.3. The van der Waals surface area contributed by atoms with Crippen LogP contribution in [0.5, 0.6) is 0 Å². The molecule has 4 heteroatoms. The second-order valence-corrected chi connectivity index (χ2v) is 5.36. The van der Waals surface area contributed by atoms with Crippen LogP contribution < -0.4 is 5.32 Å². The van der Waals surface area contributed by atoms with E-state index in [9.17, 15) is 4.79 Å². The second-order valence-electron chi connectivity index (χ2n) is 4.04. The Bertz CT molecular complexity index is 477. The summed E-state index contributed by atoms with van der Waals surface area (Å²) in [7, 11) is 0. The van der Waals surface area contributed by atoms with Crippen molar-refractivity contribution in [1.29, 1.82) is 0 Å². The van der Waals surface area contributed by atoms with Gasteiger partial charge in [-0.05, 0) is 24.8 Å². The lowest BCUT2D eigenvalue weighted by molar-refractivity contribution is 0.0943. The Morgan fingerprint density at radius 2 is 2.21 bits per heavy atom. The lowest BCUT2D eigenvalue weighted by Crippen LogP contribution is -2.34. The highest BCUT2D eigenvalue weighted by Gasteiger charge is 2.12. The predicted octanol–water partition coefficient (Wildman–Crippen LogP) is 1.90. The quantitative estimate of drug-likeness (QED) is 0.808. The fraction of sp³-hybridized carbons (Fsp3) is 0.400. The van der Waals surface area contributed by atoms with E-state index in [4.69, 9.17) is 5.11 Å². The molecule has 0 bridgehead atoms. The van der Waals surface area contributed by atoms with E-state index in [-0.39, 0.29) is 18.6 Å². The van der Waals surface area contributed by atoms with Crippen LogP contribution in [0, 0.1) is 11.8 Å². The van der Waals surface area contributed by atoms with Crippen molar-refractivity contribution in [2.24, 2.45) is 0 Å². The molecule has 0 spiro atoms. The minimum Gasteiger partial charge on any atom is -0.384 e. The SMILES string of the molecule is CCSCC(C)NC(=O)c1ccccc1C#CCO. The first kappa shape index (κ1) is 15.6. The highest BCUT2D eigenvalue weighted by molar-refractivity contribution is 7.99. The Morgan fingerprint density at radius 1 is 1.47 bits per heavy atom. The van der Waals surface area contributed by atoms with Crippen LogP contribution in [0.3, 0.4) is 0 Å². The molecule has 1 amide bonds. The maximum atomic E-state index is 12.2. The average Bonchev–Trinajstić information content (AvgIpc) is 2.43. The van der Waals surface area contributed by atoms with Crippen molar-refractivity contribution in [3.8, 4) is 11.8 Å². The number of carbonyl (C=O) groups excluding carboxylic acids is 1. The van der Waals surface area contributed by atoms with Crippen LogP contribution >= 0.6 is 11.8 Å². The van der Waals surface area contributed by atoms with Gasteiger partial charge in [0.2, 0.25) is 0 Å². The van der Waals surface area contributed by atoms with Gasteiger partial charge < -0.3 is 10.4 Å². The Kier molecular flexibility index (Phi) is 7.09. The molecule has 2 N–H and O–H groups in total. The molecule has 0 saturated carbocycles. The number of rotatable bonds is 5. The molecule has 0 aromatic heterocycles. The number of nitrogens with one attached hydrogen (secondary N) is 1. The highest BCUT2D eigenvalue weighted by Crippen LogP contribution is 2.08. The summed E-state index contributed by atoms with van der Waals surface area (Å²) in [6, 6.07) is 7.29. The number of amides is 1. The third kappa shape index (κ3) is 5.37. The Labute approximate surface area is 118 Å². The van der Waals surface area contributed by atoms with Crippen LogP contribution in [0.4, 0.5) is 0 Å². The summed E-state index contributed by atoms with van der Waals surface area (Å²) in [5, 5.41) is 11.7. The maximum absolute atomic E-state index is 12.2. The first-order chi connectivity index (χ1) is 9.19. The van der Waals surface area contributed by atoms with E-state index in [1.54, 1.807) is 23.9 Å². The zero-order valence-corrected chi connectivity index (χ0v) is 12.1. The van der Waals surface area contributed by atoms with Crippen molar-refractivity contribution in [3.63, 3.8) is 0 Å². The monoisotopic (exact) mass is 277 g/mol. The second kappa shape index (κ2) is 8.63. The van der Waals surface area contributed by atoms with Gasteiger partial charge in [0.05, 0.1) is 5.56 Å². The van der Waals surface area contributed by atoms with Crippen LogP contribution in [0.2, 0.25) is 0 Å². The van der Waals surface area contributed by atoms with E-state index in [0.29, 0.717) is 11.1 Å². The van der Waals surface area contributed by atoms with E-state index < -0.39 is 0 Å². The predicted molar refractivity (Wildman–Crippen MR) is 80.3 cm³/mol. The first-order valence-corrected chi connectivity index (χ1v) is 7.41. The molecular formula is C15H19NO2S. The topological polar surface area (TPSA) is 49.3 Å². The average molecular weight is 277 g/mol. The van der Waals surface area contributed by atoms with E-state index in [1.807, 2.05) is 19.1 Å². The molecule has 1 aromatic carbocycles. The molecule has 0 heterocycles. The first-order valence-electron chi connectivity index (χ1n) is 6.26. The molecule has 0 aliphatic heterocycles. The number of carbonyl (C=O) groups is 1. The van der Waals surface area contributed by atoms with Crippen molar-refractivity contribution in [2.45, 2.75) is 19.9 Å². The van der Waals surface area contributed by atoms with Gasteiger partial charge in [0.25, 0.3) is 5.91 Å². The lowest BCUT2D eigenvalue weighted by atomic mass is 10.1. The van der Waals surface area contributed by atoms with Crippen molar-refractivity contribution in [3.05, 3.63) is 35.4 Å². The molecule has 1 rings (SSSR count). The molecule has 1 unspecified atom stereocenters. The molecule has 102 valence electrons. The number of thioether (sulfide) groups is 1. The Balaban J connectivity index is 2.76. The summed E-state index contributed by atoms with van der Waals surface area (Å²) in [5.74, 6) is 7.18. The van der Waals surface area contributed by atoms with Crippen LogP contribution in [-0.4, -0.2) is 35.2 Å². The van der Waals surface area contributed by atoms with Crippen molar-refractivity contribution in [1.82, 2.24) is 5.32 Å². The van der Waals surface area contributed by atoms with Crippen LogP contribution in [-0.2, 0) is 0 Å². The Hall–Kier alpha value is -1.44. The van der Waals surface area contributed by atoms with Crippen molar-refractivity contribution in [2.75, 3.05) is 18.1 Å². The Morgan fingerprint density at radius 3 is 2.89 bits per heavy atom. The molecular weight excluding hydrogens is 258 g/mol. The van der Waals surface area contributed by atoms with Gasteiger partial charge in [-0.1, -0.05) is 30.9 Å². The zero-order chi connectivity index (χ0) is 14.1. The molecule has 0 aliphatic rings. The molecule has 0 aliphatic carbocycles. The van der Waals surface area contributed by atoms with Gasteiger partial charge >= 0.3 is 0 Å². The van der Waals surface area contributed by atoms with E-state index in [2.05, 4.69) is 24.1 Å². The molecule has 0 fully saturated rings. The smallest absolute Gasteiger partial charge is 0.252 e.